The molecule has 1 aliphatic heterocycles. The number of nitro groups is 1. The van der Waals surface area contributed by atoms with Gasteiger partial charge in [-0.05, 0) is 43.6 Å². The number of non-ortho nitro benzene ring substituents is 1. The molecule has 0 spiro atoms. The van der Waals surface area contributed by atoms with Crippen molar-refractivity contribution in [1.82, 2.24) is 10.3 Å². The minimum atomic E-state index is -0.455. The van der Waals surface area contributed by atoms with Crippen molar-refractivity contribution >= 4 is 17.8 Å². The van der Waals surface area contributed by atoms with E-state index < -0.39 is 4.92 Å². The van der Waals surface area contributed by atoms with Crippen LogP contribution >= 0.6 is 0 Å². The Balaban J connectivity index is 1.71. The summed E-state index contributed by atoms with van der Waals surface area (Å²) >= 11 is 0. The molecule has 1 amide bonds. The van der Waals surface area contributed by atoms with Gasteiger partial charge in [-0.1, -0.05) is 6.42 Å². The zero-order chi connectivity index (χ0) is 15.8. The fraction of sp³-hybridized carbons (Fsp3) is 0.467. The van der Waals surface area contributed by atoms with Crippen molar-refractivity contribution in [2.24, 2.45) is 5.10 Å². The summed E-state index contributed by atoms with van der Waals surface area (Å²) < 4.78 is 0. The van der Waals surface area contributed by atoms with Crippen molar-refractivity contribution in [2.75, 3.05) is 19.6 Å². The summed E-state index contributed by atoms with van der Waals surface area (Å²) in [6.07, 6.45) is 5.60. The number of carbonyl (C=O) groups is 1. The highest BCUT2D eigenvalue weighted by molar-refractivity contribution is 5.82. The summed E-state index contributed by atoms with van der Waals surface area (Å²) in [5.74, 6) is -0.122. The Bertz CT molecular complexity index is 536. The van der Waals surface area contributed by atoms with Gasteiger partial charge in [-0.2, -0.15) is 5.10 Å². The maximum Gasteiger partial charge on any atom is 0.269 e. The molecule has 0 atom stereocenters. The molecular formula is C15H20N4O3. The molecule has 1 fully saturated rings. The van der Waals surface area contributed by atoms with Crippen LogP contribution in [0.1, 0.15) is 31.2 Å². The van der Waals surface area contributed by atoms with Crippen LogP contribution < -0.4 is 5.43 Å². The fourth-order valence-corrected chi connectivity index (χ4v) is 2.36. The van der Waals surface area contributed by atoms with Gasteiger partial charge in [0.05, 0.1) is 11.1 Å². The molecule has 22 heavy (non-hydrogen) atoms. The molecule has 1 aromatic rings. The molecule has 0 aliphatic carbocycles. The Morgan fingerprint density at radius 1 is 1.27 bits per heavy atom. The second-order valence-corrected chi connectivity index (χ2v) is 5.29. The van der Waals surface area contributed by atoms with Gasteiger partial charge in [0.25, 0.3) is 5.69 Å². The average Bonchev–Trinajstić information content (AvgIpc) is 2.54. The monoisotopic (exact) mass is 304 g/mol. The number of hydrogen-bond donors (Lipinski definition) is 1. The van der Waals surface area contributed by atoms with Crippen molar-refractivity contribution in [1.29, 1.82) is 0 Å². The van der Waals surface area contributed by atoms with E-state index in [1.807, 2.05) is 0 Å². The molecule has 2 rings (SSSR count). The number of carbonyl (C=O) groups excluding carboxylic acids is 1. The number of likely N-dealkylation sites (tertiary alicyclic amines) is 1. The van der Waals surface area contributed by atoms with Crippen molar-refractivity contribution < 1.29 is 9.72 Å². The summed E-state index contributed by atoms with van der Waals surface area (Å²) in [6, 6.07) is 5.97. The van der Waals surface area contributed by atoms with Crippen LogP contribution in [0.25, 0.3) is 0 Å². The van der Waals surface area contributed by atoms with E-state index in [1.54, 1.807) is 12.1 Å². The summed E-state index contributed by atoms with van der Waals surface area (Å²) in [4.78, 5) is 24.0. The van der Waals surface area contributed by atoms with Crippen LogP contribution in [0, 0.1) is 10.1 Å². The van der Waals surface area contributed by atoms with Crippen molar-refractivity contribution in [3.63, 3.8) is 0 Å². The first-order chi connectivity index (χ1) is 10.6. The highest BCUT2D eigenvalue weighted by atomic mass is 16.6. The quantitative estimate of drug-likeness (QED) is 0.494. The van der Waals surface area contributed by atoms with E-state index in [-0.39, 0.29) is 11.6 Å². The maximum atomic E-state index is 11.7. The van der Waals surface area contributed by atoms with E-state index in [9.17, 15) is 14.9 Å². The highest BCUT2D eigenvalue weighted by Crippen LogP contribution is 2.10. The van der Waals surface area contributed by atoms with Gasteiger partial charge in [0.2, 0.25) is 5.91 Å². The summed E-state index contributed by atoms with van der Waals surface area (Å²) in [6.45, 7) is 2.90. The predicted octanol–water partition coefficient (Wildman–Crippen LogP) is 1.92. The molecule has 7 heteroatoms. The lowest BCUT2D eigenvalue weighted by Gasteiger charge is -2.25. The average molecular weight is 304 g/mol. The van der Waals surface area contributed by atoms with E-state index >= 15 is 0 Å². The van der Waals surface area contributed by atoms with Gasteiger partial charge in [-0.3, -0.25) is 14.9 Å². The second-order valence-electron chi connectivity index (χ2n) is 5.29. The molecule has 0 unspecified atom stereocenters. The molecule has 0 bridgehead atoms. The Hall–Kier alpha value is -2.28. The molecule has 1 heterocycles. The van der Waals surface area contributed by atoms with Crippen LogP contribution in [0.2, 0.25) is 0 Å². The number of amides is 1. The summed E-state index contributed by atoms with van der Waals surface area (Å²) in [5, 5.41) is 14.4. The number of nitrogens with zero attached hydrogens (tertiary/aromatic N) is 3. The smallest absolute Gasteiger partial charge is 0.269 e. The number of nitro benzene ring substituents is 1. The second kappa shape index (κ2) is 8.23. The standard InChI is InChI=1S/C15H20N4O3/c20-15(8-11-18-9-2-1-3-10-18)17-16-12-13-4-6-14(7-5-13)19(21)22/h4-7,12H,1-3,8-11H2,(H,17,20)/b16-12+. The Kier molecular flexibility index (Phi) is 6.02. The molecule has 0 radical (unpaired) electrons. The van der Waals surface area contributed by atoms with Gasteiger partial charge in [0, 0.05) is 25.1 Å². The van der Waals surface area contributed by atoms with Gasteiger partial charge in [-0.25, -0.2) is 5.43 Å². The zero-order valence-electron chi connectivity index (χ0n) is 12.4. The fourth-order valence-electron chi connectivity index (χ4n) is 2.36. The van der Waals surface area contributed by atoms with Crippen molar-refractivity contribution in [3.05, 3.63) is 39.9 Å². The van der Waals surface area contributed by atoms with Crippen LogP contribution in [0.3, 0.4) is 0 Å². The molecule has 1 N–H and O–H groups in total. The number of benzene rings is 1. The van der Waals surface area contributed by atoms with Crippen molar-refractivity contribution in [2.45, 2.75) is 25.7 Å². The van der Waals surface area contributed by atoms with Gasteiger partial charge in [0.15, 0.2) is 0 Å². The van der Waals surface area contributed by atoms with E-state index in [1.165, 1.54) is 37.6 Å². The van der Waals surface area contributed by atoms with E-state index in [0.29, 0.717) is 12.0 Å². The van der Waals surface area contributed by atoms with Crippen LogP contribution in [-0.4, -0.2) is 41.6 Å². The summed E-state index contributed by atoms with van der Waals surface area (Å²) in [7, 11) is 0. The predicted molar refractivity (Wildman–Crippen MR) is 83.7 cm³/mol. The Morgan fingerprint density at radius 3 is 2.59 bits per heavy atom. The van der Waals surface area contributed by atoms with Crippen LogP contribution in [0.15, 0.2) is 29.4 Å². The minimum Gasteiger partial charge on any atom is -0.303 e. The molecule has 0 aromatic heterocycles. The lowest BCUT2D eigenvalue weighted by atomic mass is 10.1. The molecule has 7 nitrogen and oxygen atoms in total. The number of hydrogen-bond acceptors (Lipinski definition) is 5. The van der Waals surface area contributed by atoms with Crippen molar-refractivity contribution in [3.8, 4) is 0 Å². The largest absolute Gasteiger partial charge is 0.303 e. The third-order valence-electron chi connectivity index (χ3n) is 3.61. The van der Waals surface area contributed by atoms with E-state index in [4.69, 9.17) is 0 Å². The molecule has 1 aromatic carbocycles. The van der Waals surface area contributed by atoms with Gasteiger partial charge in [-0.15, -0.1) is 0 Å². The highest BCUT2D eigenvalue weighted by Gasteiger charge is 2.11. The zero-order valence-corrected chi connectivity index (χ0v) is 12.4. The molecule has 1 saturated heterocycles. The maximum absolute atomic E-state index is 11.7. The van der Waals surface area contributed by atoms with Crippen LogP contribution in [0.4, 0.5) is 5.69 Å². The van der Waals surface area contributed by atoms with Crippen LogP contribution in [-0.2, 0) is 4.79 Å². The number of hydrazone groups is 1. The number of piperidine rings is 1. The normalized spacial score (nSPS) is 15.8. The Labute approximate surface area is 129 Å². The molecule has 1 aliphatic rings. The third-order valence-corrected chi connectivity index (χ3v) is 3.61. The van der Waals surface area contributed by atoms with Gasteiger partial charge < -0.3 is 4.90 Å². The Morgan fingerprint density at radius 2 is 1.95 bits per heavy atom. The lowest BCUT2D eigenvalue weighted by Crippen LogP contribution is -2.33. The molecular weight excluding hydrogens is 284 g/mol. The topological polar surface area (TPSA) is 87.8 Å². The first kappa shape index (κ1) is 16.1. The third kappa shape index (κ3) is 5.25. The van der Waals surface area contributed by atoms with Gasteiger partial charge >= 0.3 is 0 Å². The SMILES string of the molecule is O=C(CCN1CCCCC1)N/N=C/c1ccc([N+](=O)[O-])cc1. The molecule has 118 valence electrons. The first-order valence-electron chi connectivity index (χ1n) is 7.44. The number of rotatable bonds is 6. The van der Waals surface area contributed by atoms with E-state index in [2.05, 4.69) is 15.4 Å². The van der Waals surface area contributed by atoms with Crippen LogP contribution in [0.5, 0.6) is 0 Å². The first-order valence-corrected chi connectivity index (χ1v) is 7.44. The van der Waals surface area contributed by atoms with E-state index in [0.717, 1.165) is 19.6 Å². The molecule has 0 saturated carbocycles. The lowest BCUT2D eigenvalue weighted by molar-refractivity contribution is -0.384. The number of nitrogens with one attached hydrogen (secondary N) is 1. The van der Waals surface area contributed by atoms with Gasteiger partial charge in [0.1, 0.15) is 0 Å². The minimum absolute atomic E-state index is 0.0303. The summed E-state index contributed by atoms with van der Waals surface area (Å²) in [5.41, 5.74) is 3.20.